The van der Waals surface area contributed by atoms with Crippen LogP contribution >= 0.6 is 0 Å². The van der Waals surface area contributed by atoms with Crippen LogP contribution in [-0.2, 0) is 6.61 Å². The zero-order valence-electron chi connectivity index (χ0n) is 19.5. The molecule has 5 aromatic rings. The molecule has 0 aliphatic carbocycles. The first kappa shape index (κ1) is 22.8. The number of amides is 2. The highest BCUT2D eigenvalue weighted by Gasteiger charge is 2.15. The van der Waals surface area contributed by atoms with Gasteiger partial charge in [-0.3, -0.25) is 14.6 Å². The van der Waals surface area contributed by atoms with Crippen molar-refractivity contribution in [3.8, 4) is 5.75 Å². The van der Waals surface area contributed by atoms with Gasteiger partial charge < -0.3 is 19.8 Å². The van der Waals surface area contributed by atoms with E-state index in [1.54, 1.807) is 67.0 Å². The number of aryl methyl sites for hydroxylation is 1. The van der Waals surface area contributed by atoms with Crippen molar-refractivity contribution in [2.45, 2.75) is 13.5 Å². The van der Waals surface area contributed by atoms with E-state index in [-0.39, 0.29) is 18.4 Å². The van der Waals surface area contributed by atoms with Gasteiger partial charge in [0.1, 0.15) is 18.0 Å². The number of para-hydroxylation sites is 1. The van der Waals surface area contributed by atoms with Gasteiger partial charge in [-0.15, -0.1) is 0 Å². The number of hydrogen-bond donors (Lipinski definition) is 2. The lowest BCUT2D eigenvalue weighted by Crippen LogP contribution is -2.15. The fourth-order valence-corrected chi connectivity index (χ4v) is 3.78. The van der Waals surface area contributed by atoms with Crippen LogP contribution in [0, 0.1) is 6.92 Å². The Bertz CT molecular complexity index is 1550. The molecule has 8 nitrogen and oxygen atoms in total. The number of aromatic nitrogens is 3. The number of pyridine rings is 2. The Morgan fingerprint density at radius 1 is 0.889 bits per heavy atom. The number of nitrogens with one attached hydrogen (secondary N) is 2. The maximum absolute atomic E-state index is 13.1. The summed E-state index contributed by atoms with van der Waals surface area (Å²) in [6.07, 6.45) is 7.04. The van der Waals surface area contributed by atoms with Crippen LogP contribution in [0.4, 0.5) is 11.4 Å². The lowest BCUT2D eigenvalue weighted by Gasteiger charge is -2.12. The third-order valence-electron chi connectivity index (χ3n) is 5.56. The molecule has 2 aromatic carbocycles. The molecule has 36 heavy (non-hydrogen) atoms. The van der Waals surface area contributed by atoms with Gasteiger partial charge in [0.2, 0.25) is 0 Å². The van der Waals surface area contributed by atoms with Gasteiger partial charge >= 0.3 is 0 Å². The molecular formula is C28H23N5O3. The van der Waals surface area contributed by atoms with Crippen LogP contribution < -0.4 is 15.4 Å². The Hall–Kier alpha value is -4.98. The summed E-state index contributed by atoms with van der Waals surface area (Å²) in [6, 6.07) is 21.1. The number of hydrogen-bond acceptors (Lipinski definition) is 5. The molecule has 0 radical (unpaired) electrons. The minimum atomic E-state index is -0.344. The molecule has 178 valence electrons. The molecular weight excluding hydrogens is 454 g/mol. The molecule has 0 unspecified atom stereocenters. The van der Waals surface area contributed by atoms with Crippen molar-refractivity contribution in [1.29, 1.82) is 0 Å². The van der Waals surface area contributed by atoms with Crippen LogP contribution in [0.25, 0.3) is 5.65 Å². The highest BCUT2D eigenvalue weighted by atomic mass is 16.5. The van der Waals surface area contributed by atoms with Gasteiger partial charge in [0.15, 0.2) is 0 Å². The quantitative estimate of drug-likeness (QED) is 0.339. The Kier molecular flexibility index (Phi) is 6.40. The van der Waals surface area contributed by atoms with Crippen LogP contribution in [0.3, 0.4) is 0 Å². The number of carbonyl (C=O) groups excluding carboxylic acids is 2. The molecule has 0 aliphatic rings. The summed E-state index contributed by atoms with van der Waals surface area (Å²) in [5.41, 5.74) is 4.62. The van der Waals surface area contributed by atoms with E-state index in [0.29, 0.717) is 28.3 Å². The molecule has 0 saturated carbocycles. The molecule has 3 heterocycles. The predicted molar refractivity (Wildman–Crippen MR) is 137 cm³/mol. The Morgan fingerprint density at radius 2 is 1.69 bits per heavy atom. The summed E-state index contributed by atoms with van der Waals surface area (Å²) in [5.74, 6) is -0.192. The Balaban J connectivity index is 1.28. The van der Waals surface area contributed by atoms with E-state index >= 15 is 0 Å². The zero-order chi connectivity index (χ0) is 24.9. The first-order chi connectivity index (χ1) is 17.6. The number of imidazole rings is 1. The lowest BCUT2D eigenvalue weighted by molar-refractivity contribution is 0.101. The van der Waals surface area contributed by atoms with Crippen molar-refractivity contribution in [3.63, 3.8) is 0 Å². The first-order valence-electron chi connectivity index (χ1n) is 11.3. The van der Waals surface area contributed by atoms with Gasteiger partial charge in [-0.2, -0.15) is 0 Å². The van der Waals surface area contributed by atoms with Crippen molar-refractivity contribution < 1.29 is 14.3 Å². The van der Waals surface area contributed by atoms with E-state index in [9.17, 15) is 9.59 Å². The van der Waals surface area contributed by atoms with Crippen molar-refractivity contribution in [1.82, 2.24) is 14.4 Å². The molecule has 5 rings (SSSR count). The molecule has 3 aromatic heterocycles. The second-order valence-electron chi connectivity index (χ2n) is 8.16. The van der Waals surface area contributed by atoms with Gasteiger partial charge in [-0.25, -0.2) is 4.98 Å². The number of rotatable bonds is 7. The van der Waals surface area contributed by atoms with Crippen molar-refractivity contribution in [2.75, 3.05) is 10.6 Å². The van der Waals surface area contributed by atoms with Gasteiger partial charge in [0, 0.05) is 41.7 Å². The number of ether oxygens (including phenoxy) is 1. The van der Waals surface area contributed by atoms with Gasteiger partial charge in [0.25, 0.3) is 11.8 Å². The molecule has 0 bridgehead atoms. The van der Waals surface area contributed by atoms with Crippen molar-refractivity contribution >= 4 is 28.8 Å². The predicted octanol–water partition coefficient (Wildman–Crippen LogP) is 5.12. The number of nitrogens with zero attached hydrogens (tertiary/aromatic N) is 3. The minimum Gasteiger partial charge on any atom is -0.486 e. The fraction of sp³-hybridized carbons (Fsp3) is 0.0714. The largest absolute Gasteiger partial charge is 0.486 e. The van der Waals surface area contributed by atoms with E-state index in [0.717, 1.165) is 16.9 Å². The molecule has 2 N–H and O–H groups in total. The topological polar surface area (TPSA) is 97.6 Å². The highest BCUT2D eigenvalue weighted by molar-refractivity contribution is 6.08. The second-order valence-corrected chi connectivity index (χ2v) is 8.16. The molecule has 0 atom stereocenters. The van der Waals surface area contributed by atoms with Crippen LogP contribution in [0.1, 0.15) is 32.0 Å². The number of fused-ring (bicyclic) bond motifs is 1. The SMILES string of the molecule is Cc1cccn2cc(COc3ccccc3C(=O)Nc3cccc(C(=O)Nc4ccncc4)c3)nc12. The monoisotopic (exact) mass is 477 g/mol. The molecule has 0 spiro atoms. The van der Waals surface area contributed by atoms with Gasteiger partial charge in [-0.1, -0.05) is 24.3 Å². The average molecular weight is 478 g/mol. The maximum atomic E-state index is 13.1. The van der Waals surface area contributed by atoms with Crippen LogP contribution in [-0.4, -0.2) is 26.2 Å². The highest BCUT2D eigenvalue weighted by Crippen LogP contribution is 2.22. The van der Waals surface area contributed by atoms with Gasteiger partial charge in [0.05, 0.1) is 11.3 Å². The molecule has 2 amide bonds. The Morgan fingerprint density at radius 3 is 2.53 bits per heavy atom. The van der Waals surface area contributed by atoms with Crippen LogP contribution in [0.5, 0.6) is 5.75 Å². The molecule has 0 saturated heterocycles. The zero-order valence-corrected chi connectivity index (χ0v) is 19.5. The first-order valence-corrected chi connectivity index (χ1v) is 11.3. The molecule has 0 fully saturated rings. The van der Waals surface area contributed by atoms with Gasteiger partial charge in [-0.05, 0) is 61.0 Å². The molecule has 0 aliphatic heterocycles. The third kappa shape index (κ3) is 5.07. The summed E-state index contributed by atoms with van der Waals surface area (Å²) >= 11 is 0. The van der Waals surface area contributed by atoms with Crippen molar-refractivity contribution in [2.24, 2.45) is 0 Å². The summed E-state index contributed by atoms with van der Waals surface area (Å²) in [6.45, 7) is 2.22. The average Bonchev–Trinajstić information content (AvgIpc) is 3.33. The van der Waals surface area contributed by atoms with E-state index in [1.165, 1.54) is 0 Å². The second kappa shape index (κ2) is 10.1. The normalized spacial score (nSPS) is 10.7. The summed E-state index contributed by atoms with van der Waals surface area (Å²) in [7, 11) is 0. The van der Waals surface area contributed by atoms with E-state index in [1.807, 2.05) is 41.9 Å². The summed E-state index contributed by atoms with van der Waals surface area (Å²) < 4.78 is 7.92. The smallest absolute Gasteiger partial charge is 0.259 e. The maximum Gasteiger partial charge on any atom is 0.259 e. The van der Waals surface area contributed by atoms with Crippen LogP contribution in [0.2, 0.25) is 0 Å². The fourth-order valence-electron chi connectivity index (χ4n) is 3.78. The van der Waals surface area contributed by atoms with E-state index in [2.05, 4.69) is 20.6 Å². The van der Waals surface area contributed by atoms with Crippen LogP contribution in [0.15, 0.2) is 97.6 Å². The lowest BCUT2D eigenvalue weighted by atomic mass is 10.1. The number of anilines is 2. The summed E-state index contributed by atoms with van der Waals surface area (Å²) in [5, 5.41) is 5.66. The van der Waals surface area contributed by atoms with E-state index in [4.69, 9.17) is 4.74 Å². The standard InChI is InChI=1S/C28H23N5O3/c1-19-6-5-15-33-17-23(30-26(19)33)18-36-25-10-3-2-9-24(25)28(35)32-22-8-4-7-20(16-22)27(34)31-21-11-13-29-14-12-21/h2-17H,18H2,1H3,(H,32,35)(H,29,31,34). The summed E-state index contributed by atoms with van der Waals surface area (Å²) in [4.78, 5) is 34.3. The third-order valence-corrected chi connectivity index (χ3v) is 5.56. The Labute approximate surface area is 207 Å². The molecule has 8 heteroatoms. The number of benzene rings is 2. The van der Waals surface area contributed by atoms with Crippen molar-refractivity contribution in [3.05, 3.63) is 120 Å². The minimum absolute atomic E-state index is 0.218. The van der Waals surface area contributed by atoms with E-state index < -0.39 is 0 Å². The number of carbonyl (C=O) groups is 2.